The fraction of sp³-hybridized carbons (Fsp3) is 0.0625. The molecule has 0 radical (unpaired) electrons. The lowest BCUT2D eigenvalue weighted by Crippen LogP contribution is -2.15. The van der Waals surface area contributed by atoms with Gasteiger partial charge in [0.1, 0.15) is 5.82 Å². The van der Waals surface area contributed by atoms with Crippen LogP contribution in [0.15, 0.2) is 65.6 Å². The van der Waals surface area contributed by atoms with Crippen molar-refractivity contribution in [1.82, 2.24) is 9.78 Å². The lowest BCUT2D eigenvalue weighted by atomic mass is 10.1. The predicted molar refractivity (Wildman–Crippen MR) is 90.9 cm³/mol. The van der Waals surface area contributed by atoms with Crippen molar-refractivity contribution in [1.29, 1.82) is 0 Å². The van der Waals surface area contributed by atoms with Crippen LogP contribution < -0.4 is 4.72 Å². The van der Waals surface area contributed by atoms with Crippen LogP contribution in [0.2, 0.25) is 5.02 Å². The SMILES string of the molecule is Cn1nc(-c2ccc(Cl)cc2)cc1NS(=O)(=O)c1ccccc1. The van der Waals surface area contributed by atoms with Gasteiger partial charge in [0.05, 0.1) is 10.6 Å². The lowest BCUT2D eigenvalue weighted by molar-refractivity contribution is 0.600. The van der Waals surface area contributed by atoms with Crippen molar-refractivity contribution in [3.63, 3.8) is 0 Å². The highest BCUT2D eigenvalue weighted by atomic mass is 35.5. The first-order valence-electron chi connectivity index (χ1n) is 6.83. The van der Waals surface area contributed by atoms with Gasteiger partial charge in [-0.15, -0.1) is 0 Å². The van der Waals surface area contributed by atoms with Gasteiger partial charge in [-0.25, -0.2) is 8.42 Å². The minimum Gasteiger partial charge on any atom is -0.264 e. The smallest absolute Gasteiger partial charge is 0.263 e. The zero-order valence-corrected chi connectivity index (χ0v) is 13.8. The fourth-order valence-electron chi connectivity index (χ4n) is 2.12. The molecule has 3 aromatic rings. The molecule has 2 aromatic carbocycles. The van der Waals surface area contributed by atoms with Gasteiger partial charge in [-0.3, -0.25) is 9.40 Å². The number of hydrogen-bond acceptors (Lipinski definition) is 3. The van der Waals surface area contributed by atoms with Crippen molar-refractivity contribution >= 4 is 27.4 Å². The van der Waals surface area contributed by atoms with Crippen LogP contribution >= 0.6 is 11.6 Å². The molecule has 0 atom stereocenters. The number of aromatic nitrogens is 2. The number of benzene rings is 2. The highest BCUT2D eigenvalue weighted by Gasteiger charge is 2.16. The molecular formula is C16H14ClN3O2S. The molecule has 0 amide bonds. The quantitative estimate of drug-likeness (QED) is 0.785. The largest absolute Gasteiger partial charge is 0.264 e. The standard InChI is InChI=1S/C16H14ClN3O2S/c1-20-16(19-23(21,22)14-5-3-2-4-6-14)11-15(18-20)12-7-9-13(17)10-8-12/h2-11,19H,1H3. The molecule has 1 heterocycles. The van der Waals surface area contributed by atoms with E-state index in [4.69, 9.17) is 11.6 Å². The molecule has 3 rings (SSSR count). The zero-order valence-electron chi connectivity index (χ0n) is 12.3. The number of nitrogens with zero attached hydrogens (tertiary/aromatic N) is 2. The van der Waals surface area contributed by atoms with E-state index in [2.05, 4.69) is 9.82 Å². The topological polar surface area (TPSA) is 64.0 Å². The molecule has 0 spiro atoms. The van der Waals surface area contributed by atoms with Crippen LogP contribution in [0, 0.1) is 0 Å². The van der Waals surface area contributed by atoms with Crippen molar-refractivity contribution in [2.45, 2.75) is 4.90 Å². The number of aryl methyl sites for hydroxylation is 1. The molecule has 0 aliphatic rings. The zero-order chi connectivity index (χ0) is 16.4. The Morgan fingerprint density at radius 1 is 1.04 bits per heavy atom. The predicted octanol–water partition coefficient (Wildman–Crippen LogP) is 3.54. The van der Waals surface area contributed by atoms with Crippen LogP contribution in [-0.4, -0.2) is 18.2 Å². The third-order valence-corrected chi connectivity index (χ3v) is 4.93. The van der Waals surface area contributed by atoms with Gasteiger partial charge in [-0.2, -0.15) is 5.10 Å². The van der Waals surface area contributed by atoms with Gasteiger partial charge in [0, 0.05) is 23.7 Å². The molecule has 0 fully saturated rings. The van der Waals surface area contributed by atoms with E-state index in [1.807, 2.05) is 12.1 Å². The van der Waals surface area contributed by atoms with Gasteiger partial charge < -0.3 is 0 Å². The molecule has 0 saturated carbocycles. The van der Waals surface area contributed by atoms with Crippen molar-refractivity contribution in [2.75, 3.05) is 4.72 Å². The summed E-state index contributed by atoms with van der Waals surface area (Å²) in [5.41, 5.74) is 1.52. The van der Waals surface area contributed by atoms with Crippen molar-refractivity contribution in [3.8, 4) is 11.3 Å². The van der Waals surface area contributed by atoms with Crippen LogP contribution in [0.3, 0.4) is 0 Å². The van der Waals surface area contributed by atoms with Crippen LogP contribution in [0.5, 0.6) is 0 Å². The summed E-state index contributed by atoms with van der Waals surface area (Å²) in [4.78, 5) is 0.203. The second-order valence-corrected chi connectivity index (χ2v) is 7.08. The molecule has 0 aliphatic heterocycles. The maximum Gasteiger partial charge on any atom is 0.263 e. The summed E-state index contributed by atoms with van der Waals surface area (Å²) < 4.78 is 28.8. The Balaban J connectivity index is 1.91. The Hall–Kier alpha value is -2.31. The van der Waals surface area contributed by atoms with Crippen LogP contribution in [0.1, 0.15) is 0 Å². The second kappa shape index (κ2) is 6.06. The number of anilines is 1. The van der Waals surface area contributed by atoms with Gasteiger partial charge in [0.25, 0.3) is 10.0 Å². The Morgan fingerprint density at radius 3 is 2.35 bits per heavy atom. The molecule has 1 aromatic heterocycles. The Kier molecular flexibility index (Phi) is 4.11. The maximum atomic E-state index is 12.4. The summed E-state index contributed by atoms with van der Waals surface area (Å²) in [6, 6.07) is 17.1. The molecule has 23 heavy (non-hydrogen) atoms. The minimum atomic E-state index is -3.64. The summed E-state index contributed by atoms with van der Waals surface area (Å²) in [7, 11) is -1.96. The lowest BCUT2D eigenvalue weighted by Gasteiger charge is -2.07. The Bertz CT molecular complexity index is 920. The number of sulfonamides is 1. The molecule has 0 unspecified atom stereocenters. The van der Waals surface area contributed by atoms with E-state index >= 15 is 0 Å². The third kappa shape index (κ3) is 3.38. The first kappa shape index (κ1) is 15.6. The molecule has 1 N–H and O–H groups in total. The molecule has 0 saturated heterocycles. The molecule has 0 aliphatic carbocycles. The van der Waals surface area contributed by atoms with E-state index in [1.165, 1.54) is 4.68 Å². The highest BCUT2D eigenvalue weighted by Crippen LogP contribution is 2.24. The van der Waals surface area contributed by atoms with E-state index in [0.717, 1.165) is 5.56 Å². The molecule has 5 nitrogen and oxygen atoms in total. The summed E-state index contributed by atoms with van der Waals surface area (Å²) in [6.45, 7) is 0. The highest BCUT2D eigenvalue weighted by molar-refractivity contribution is 7.92. The van der Waals surface area contributed by atoms with Crippen molar-refractivity contribution < 1.29 is 8.42 Å². The summed E-state index contributed by atoms with van der Waals surface area (Å²) in [6.07, 6.45) is 0. The fourth-order valence-corrected chi connectivity index (χ4v) is 3.35. The Labute approximate surface area is 139 Å². The first-order chi connectivity index (χ1) is 11.0. The maximum absolute atomic E-state index is 12.4. The number of halogens is 1. The monoisotopic (exact) mass is 347 g/mol. The molecular weight excluding hydrogens is 334 g/mol. The van der Waals surface area contributed by atoms with Crippen LogP contribution in [-0.2, 0) is 17.1 Å². The number of rotatable bonds is 4. The number of nitrogens with one attached hydrogen (secondary N) is 1. The first-order valence-corrected chi connectivity index (χ1v) is 8.70. The molecule has 7 heteroatoms. The van der Waals surface area contributed by atoms with E-state index in [9.17, 15) is 8.42 Å². The number of hydrogen-bond donors (Lipinski definition) is 1. The van der Waals surface area contributed by atoms with E-state index in [-0.39, 0.29) is 4.90 Å². The second-order valence-electron chi connectivity index (χ2n) is 4.96. The summed E-state index contributed by atoms with van der Waals surface area (Å²) in [5, 5.41) is 4.97. The van der Waals surface area contributed by atoms with Gasteiger partial charge in [-0.05, 0) is 24.3 Å². The van der Waals surface area contributed by atoms with Gasteiger partial charge >= 0.3 is 0 Å². The summed E-state index contributed by atoms with van der Waals surface area (Å²) in [5.74, 6) is 0.388. The van der Waals surface area contributed by atoms with Crippen LogP contribution in [0.25, 0.3) is 11.3 Å². The van der Waals surface area contributed by atoms with Gasteiger partial charge in [-0.1, -0.05) is 41.9 Å². The third-order valence-electron chi connectivity index (χ3n) is 3.31. The van der Waals surface area contributed by atoms with Crippen LogP contribution in [0.4, 0.5) is 5.82 Å². The van der Waals surface area contributed by atoms with Crippen molar-refractivity contribution in [2.24, 2.45) is 7.05 Å². The van der Waals surface area contributed by atoms with E-state index in [1.54, 1.807) is 55.6 Å². The normalized spacial score (nSPS) is 11.4. The Morgan fingerprint density at radius 2 is 1.70 bits per heavy atom. The molecule has 0 bridgehead atoms. The van der Waals surface area contributed by atoms with E-state index in [0.29, 0.717) is 16.5 Å². The average molecular weight is 348 g/mol. The summed E-state index contributed by atoms with van der Waals surface area (Å²) >= 11 is 5.87. The van der Waals surface area contributed by atoms with Crippen molar-refractivity contribution in [3.05, 3.63) is 65.7 Å². The van der Waals surface area contributed by atoms with Gasteiger partial charge in [0.15, 0.2) is 0 Å². The van der Waals surface area contributed by atoms with E-state index < -0.39 is 10.0 Å². The van der Waals surface area contributed by atoms with Gasteiger partial charge in [0.2, 0.25) is 0 Å². The minimum absolute atomic E-state index is 0.203. The average Bonchev–Trinajstić information content (AvgIpc) is 2.89. The molecule has 118 valence electrons.